The van der Waals surface area contributed by atoms with Gasteiger partial charge in [-0.15, -0.1) is 12.4 Å². The van der Waals surface area contributed by atoms with Gasteiger partial charge in [-0.3, -0.25) is 4.90 Å². The second-order valence-electron chi connectivity index (χ2n) is 4.31. The summed E-state index contributed by atoms with van der Waals surface area (Å²) in [7, 11) is 5.52. The zero-order valence-electron chi connectivity index (χ0n) is 10.8. The lowest BCUT2D eigenvalue weighted by Gasteiger charge is -2.32. The molecule has 96 valence electrons. The molecule has 0 amide bonds. The van der Waals surface area contributed by atoms with Crippen molar-refractivity contribution in [2.45, 2.75) is 19.4 Å². The minimum absolute atomic E-state index is 0. The molecule has 1 aromatic carbocycles. The van der Waals surface area contributed by atoms with Gasteiger partial charge >= 0.3 is 0 Å². The largest absolute Gasteiger partial charge is 0.493 e. The average molecular weight is 258 g/mol. The number of nitrogens with zero attached hydrogens (tertiary/aromatic N) is 1. The van der Waals surface area contributed by atoms with E-state index in [2.05, 4.69) is 31.0 Å². The summed E-state index contributed by atoms with van der Waals surface area (Å²) in [6.07, 6.45) is 1.08. The van der Waals surface area contributed by atoms with Crippen LogP contribution in [0.15, 0.2) is 12.1 Å². The van der Waals surface area contributed by atoms with E-state index in [1.807, 2.05) is 0 Å². The van der Waals surface area contributed by atoms with Crippen molar-refractivity contribution in [3.05, 3.63) is 23.3 Å². The highest BCUT2D eigenvalue weighted by atomic mass is 35.5. The SMILES string of the molecule is COc1cc2c(cc1OC)[C@H](C)N(C)CC2.Cl. The van der Waals surface area contributed by atoms with Crippen LogP contribution in [-0.4, -0.2) is 32.7 Å². The van der Waals surface area contributed by atoms with Crippen molar-refractivity contribution in [1.82, 2.24) is 4.90 Å². The maximum atomic E-state index is 5.34. The van der Waals surface area contributed by atoms with Gasteiger partial charge in [0.1, 0.15) is 0 Å². The van der Waals surface area contributed by atoms with E-state index < -0.39 is 0 Å². The number of halogens is 1. The molecule has 17 heavy (non-hydrogen) atoms. The van der Waals surface area contributed by atoms with Gasteiger partial charge in [-0.25, -0.2) is 0 Å². The molecule has 4 heteroatoms. The molecular weight excluding hydrogens is 238 g/mol. The lowest BCUT2D eigenvalue weighted by molar-refractivity contribution is 0.245. The highest BCUT2D eigenvalue weighted by Gasteiger charge is 2.23. The van der Waals surface area contributed by atoms with Gasteiger partial charge in [0.2, 0.25) is 0 Å². The predicted molar refractivity (Wildman–Crippen MR) is 71.5 cm³/mol. The number of likely N-dealkylation sites (N-methyl/N-ethyl adjacent to an activating group) is 1. The van der Waals surface area contributed by atoms with Crippen molar-refractivity contribution in [1.29, 1.82) is 0 Å². The first kappa shape index (κ1) is 14.1. The molecule has 0 radical (unpaired) electrons. The molecule has 1 aliphatic heterocycles. The first-order valence-electron chi connectivity index (χ1n) is 5.62. The van der Waals surface area contributed by atoms with Gasteiger partial charge < -0.3 is 9.47 Å². The maximum Gasteiger partial charge on any atom is 0.161 e. The van der Waals surface area contributed by atoms with Gasteiger partial charge in [-0.2, -0.15) is 0 Å². The minimum atomic E-state index is 0. The number of methoxy groups -OCH3 is 2. The van der Waals surface area contributed by atoms with E-state index in [0.717, 1.165) is 24.5 Å². The van der Waals surface area contributed by atoms with Crippen LogP contribution in [0.1, 0.15) is 24.1 Å². The summed E-state index contributed by atoms with van der Waals surface area (Å²) in [4.78, 5) is 2.36. The molecule has 0 fully saturated rings. The van der Waals surface area contributed by atoms with Crippen molar-refractivity contribution in [2.24, 2.45) is 0 Å². The van der Waals surface area contributed by atoms with Crippen LogP contribution >= 0.6 is 12.4 Å². The quantitative estimate of drug-likeness (QED) is 0.813. The second-order valence-corrected chi connectivity index (χ2v) is 4.31. The van der Waals surface area contributed by atoms with E-state index in [-0.39, 0.29) is 12.4 Å². The standard InChI is InChI=1S/C13H19NO2.ClH/c1-9-11-8-13(16-4)12(15-3)7-10(11)5-6-14(9)2;/h7-9H,5-6H2,1-4H3;1H/t9-;/m0./s1. The first-order valence-corrected chi connectivity index (χ1v) is 5.62. The van der Waals surface area contributed by atoms with Gasteiger partial charge in [0.15, 0.2) is 11.5 Å². The Morgan fingerprint density at radius 1 is 1.18 bits per heavy atom. The van der Waals surface area contributed by atoms with Crippen LogP contribution in [0.2, 0.25) is 0 Å². The molecule has 0 spiro atoms. The van der Waals surface area contributed by atoms with E-state index in [4.69, 9.17) is 9.47 Å². The van der Waals surface area contributed by atoms with Gasteiger partial charge in [-0.05, 0) is 43.7 Å². The molecular formula is C13H20ClNO2. The summed E-state index contributed by atoms with van der Waals surface area (Å²) in [6, 6.07) is 4.66. The number of rotatable bonds is 2. The third-order valence-electron chi connectivity index (χ3n) is 3.49. The Bertz CT molecular complexity index is 395. The molecule has 0 saturated carbocycles. The highest BCUT2D eigenvalue weighted by Crippen LogP contribution is 2.37. The lowest BCUT2D eigenvalue weighted by Crippen LogP contribution is -2.30. The first-order chi connectivity index (χ1) is 7.67. The lowest BCUT2D eigenvalue weighted by atomic mass is 9.93. The van der Waals surface area contributed by atoms with Crippen molar-refractivity contribution >= 4 is 12.4 Å². The van der Waals surface area contributed by atoms with Crippen LogP contribution in [0.4, 0.5) is 0 Å². The number of fused-ring (bicyclic) bond motifs is 1. The monoisotopic (exact) mass is 257 g/mol. The normalized spacial score (nSPS) is 19.2. The van der Waals surface area contributed by atoms with E-state index in [1.165, 1.54) is 11.1 Å². The van der Waals surface area contributed by atoms with Crippen molar-refractivity contribution < 1.29 is 9.47 Å². The second kappa shape index (κ2) is 5.61. The summed E-state index contributed by atoms with van der Waals surface area (Å²) in [5.74, 6) is 1.65. The molecule has 2 rings (SSSR count). The molecule has 0 aromatic heterocycles. The average Bonchev–Trinajstić information content (AvgIpc) is 2.32. The topological polar surface area (TPSA) is 21.7 Å². The van der Waals surface area contributed by atoms with Gasteiger partial charge in [0, 0.05) is 12.6 Å². The summed E-state index contributed by atoms with van der Waals surface area (Å²) < 4.78 is 10.7. The Labute approximate surface area is 109 Å². The van der Waals surface area contributed by atoms with Gasteiger partial charge in [0.05, 0.1) is 14.2 Å². The Morgan fingerprint density at radius 2 is 1.76 bits per heavy atom. The van der Waals surface area contributed by atoms with E-state index >= 15 is 0 Å². The Balaban J connectivity index is 0.00000144. The number of hydrogen-bond acceptors (Lipinski definition) is 3. The zero-order valence-corrected chi connectivity index (χ0v) is 11.6. The van der Waals surface area contributed by atoms with Crippen LogP contribution in [0, 0.1) is 0 Å². The smallest absolute Gasteiger partial charge is 0.161 e. The van der Waals surface area contributed by atoms with Crippen LogP contribution in [-0.2, 0) is 6.42 Å². The molecule has 1 heterocycles. The van der Waals surface area contributed by atoms with Crippen molar-refractivity contribution in [2.75, 3.05) is 27.8 Å². The number of benzene rings is 1. The Hall–Kier alpha value is -0.930. The van der Waals surface area contributed by atoms with E-state index in [9.17, 15) is 0 Å². The summed E-state index contributed by atoms with van der Waals surface area (Å²) in [5.41, 5.74) is 2.73. The van der Waals surface area contributed by atoms with Gasteiger partial charge in [0.25, 0.3) is 0 Å². The van der Waals surface area contributed by atoms with Crippen LogP contribution in [0.3, 0.4) is 0 Å². The molecule has 0 unspecified atom stereocenters. The fourth-order valence-electron chi connectivity index (χ4n) is 2.27. The molecule has 0 aliphatic carbocycles. The number of hydrogen-bond donors (Lipinski definition) is 0. The van der Waals surface area contributed by atoms with E-state index in [1.54, 1.807) is 14.2 Å². The fourth-order valence-corrected chi connectivity index (χ4v) is 2.27. The minimum Gasteiger partial charge on any atom is -0.493 e. The summed E-state index contributed by atoms with van der Waals surface area (Å²) in [6.45, 7) is 3.33. The number of ether oxygens (including phenoxy) is 2. The van der Waals surface area contributed by atoms with Crippen molar-refractivity contribution in [3.63, 3.8) is 0 Å². The molecule has 3 nitrogen and oxygen atoms in total. The molecule has 1 atom stereocenters. The zero-order chi connectivity index (χ0) is 11.7. The summed E-state index contributed by atoms with van der Waals surface area (Å²) >= 11 is 0. The highest BCUT2D eigenvalue weighted by molar-refractivity contribution is 5.85. The van der Waals surface area contributed by atoms with Crippen molar-refractivity contribution in [3.8, 4) is 11.5 Å². The molecule has 0 saturated heterocycles. The third kappa shape index (κ3) is 2.50. The third-order valence-corrected chi connectivity index (χ3v) is 3.49. The maximum absolute atomic E-state index is 5.34. The van der Waals surface area contributed by atoms with Crippen LogP contribution < -0.4 is 9.47 Å². The van der Waals surface area contributed by atoms with Crippen LogP contribution in [0.5, 0.6) is 11.5 Å². The fraction of sp³-hybridized carbons (Fsp3) is 0.538. The summed E-state index contributed by atoms with van der Waals surface area (Å²) in [5, 5.41) is 0. The molecule has 0 bridgehead atoms. The predicted octanol–water partition coefficient (Wildman–Crippen LogP) is 2.67. The van der Waals surface area contributed by atoms with Crippen LogP contribution in [0.25, 0.3) is 0 Å². The molecule has 0 N–H and O–H groups in total. The molecule has 1 aromatic rings. The molecule has 1 aliphatic rings. The Morgan fingerprint density at radius 3 is 2.35 bits per heavy atom. The van der Waals surface area contributed by atoms with E-state index in [0.29, 0.717) is 6.04 Å². The Kier molecular flexibility index (Phi) is 4.66. The van der Waals surface area contributed by atoms with Gasteiger partial charge in [-0.1, -0.05) is 0 Å².